The molecule has 5 rings (SSSR count). The number of aromatic nitrogens is 1. The second-order valence-corrected chi connectivity index (χ2v) is 8.63. The Kier molecular flexibility index (Phi) is 5.57. The normalized spacial score (nSPS) is 15.4. The Hall–Kier alpha value is -2.97. The zero-order valence-electron chi connectivity index (χ0n) is 17.8. The molecule has 0 saturated heterocycles. The maximum Gasteiger partial charge on any atom is 0.0961 e. The third kappa shape index (κ3) is 3.66. The van der Waals surface area contributed by atoms with Gasteiger partial charge in [-0.3, -0.25) is 0 Å². The van der Waals surface area contributed by atoms with Crippen LogP contribution in [-0.2, 0) is 6.54 Å². The third-order valence-electron chi connectivity index (χ3n) is 6.23. The Labute approximate surface area is 189 Å². The standard InChI is InChI=1S/C28H27ClN2/c1-2-3-18-30-19-17-23-22-13-8-10-16-26(22)31(20-21-11-5-4-6-12-21)28(23)27(30)24-14-7-9-15-25(24)29/h4-17,19,27H,2-3,18,20H2,1H3. The van der Waals surface area contributed by atoms with Crippen molar-refractivity contribution in [2.45, 2.75) is 32.4 Å². The predicted molar refractivity (Wildman–Crippen MR) is 131 cm³/mol. The molecule has 1 unspecified atom stereocenters. The Bertz CT molecular complexity index is 1220. The first-order chi connectivity index (χ1) is 15.3. The van der Waals surface area contributed by atoms with Crippen LogP contribution in [0, 0.1) is 0 Å². The van der Waals surface area contributed by atoms with Crippen molar-refractivity contribution in [1.82, 2.24) is 9.47 Å². The molecule has 2 heterocycles. The molecule has 1 atom stereocenters. The average molecular weight is 427 g/mol. The zero-order chi connectivity index (χ0) is 21.2. The topological polar surface area (TPSA) is 8.17 Å². The van der Waals surface area contributed by atoms with E-state index in [0.717, 1.165) is 24.5 Å². The van der Waals surface area contributed by atoms with Crippen LogP contribution in [0.15, 0.2) is 85.1 Å². The second-order valence-electron chi connectivity index (χ2n) is 8.22. The molecule has 156 valence electrons. The van der Waals surface area contributed by atoms with Crippen molar-refractivity contribution in [1.29, 1.82) is 0 Å². The molecule has 0 amide bonds. The largest absolute Gasteiger partial charge is 0.365 e. The van der Waals surface area contributed by atoms with Crippen molar-refractivity contribution in [3.8, 4) is 0 Å². The maximum absolute atomic E-state index is 6.77. The summed E-state index contributed by atoms with van der Waals surface area (Å²) in [6.45, 7) is 4.10. The van der Waals surface area contributed by atoms with Crippen molar-refractivity contribution in [2.75, 3.05) is 6.54 Å². The van der Waals surface area contributed by atoms with E-state index >= 15 is 0 Å². The van der Waals surface area contributed by atoms with Crippen molar-refractivity contribution in [3.05, 3.63) is 112 Å². The number of benzene rings is 3. The van der Waals surface area contributed by atoms with E-state index in [1.165, 1.54) is 39.7 Å². The van der Waals surface area contributed by atoms with Gasteiger partial charge in [0.1, 0.15) is 0 Å². The van der Waals surface area contributed by atoms with Gasteiger partial charge in [0, 0.05) is 40.8 Å². The first-order valence-electron chi connectivity index (χ1n) is 11.1. The molecule has 4 aromatic rings. The van der Waals surface area contributed by atoms with E-state index in [0.29, 0.717) is 0 Å². The van der Waals surface area contributed by atoms with Gasteiger partial charge in [-0.15, -0.1) is 0 Å². The van der Waals surface area contributed by atoms with Gasteiger partial charge in [-0.05, 0) is 35.8 Å². The lowest BCUT2D eigenvalue weighted by atomic mass is 9.94. The van der Waals surface area contributed by atoms with Crippen LogP contribution < -0.4 is 0 Å². The molecule has 0 saturated carbocycles. The van der Waals surface area contributed by atoms with Crippen molar-refractivity contribution in [2.24, 2.45) is 0 Å². The predicted octanol–water partition coefficient (Wildman–Crippen LogP) is 7.52. The number of halogens is 1. The number of rotatable bonds is 6. The van der Waals surface area contributed by atoms with Crippen LogP contribution >= 0.6 is 11.6 Å². The third-order valence-corrected chi connectivity index (χ3v) is 6.57. The lowest BCUT2D eigenvalue weighted by Crippen LogP contribution is -2.30. The molecule has 31 heavy (non-hydrogen) atoms. The van der Waals surface area contributed by atoms with E-state index in [1.807, 2.05) is 12.1 Å². The first-order valence-corrected chi connectivity index (χ1v) is 11.5. The van der Waals surface area contributed by atoms with Crippen molar-refractivity contribution >= 4 is 28.6 Å². The van der Waals surface area contributed by atoms with E-state index in [4.69, 9.17) is 11.6 Å². The lowest BCUT2D eigenvalue weighted by Gasteiger charge is -2.36. The van der Waals surface area contributed by atoms with Gasteiger partial charge in [0.25, 0.3) is 0 Å². The molecule has 0 fully saturated rings. The Morgan fingerprint density at radius 2 is 1.61 bits per heavy atom. The Morgan fingerprint density at radius 3 is 2.42 bits per heavy atom. The van der Waals surface area contributed by atoms with E-state index in [9.17, 15) is 0 Å². The van der Waals surface area contributed by atoms with Crippen LogP contribution in [0.4, 0.5) is 0 Å². The van der Waals surface area contributed by atoms with Crippen LogP contribution in [0.3, 0.4) is 0 Å². The van der Waals surface area contributed by atoms with Crippen LogP contribution in [0.25, 0.3) is 17.0 Å². The van der Waals surface area contributed by atoms with Crippen molar-refractivity contribution < 1.29 is 0 Å². The van der Waals surface area contributed by atoms with Gasteiger partial charge in [0.05, 0.1) is 11.7 Å². The molecule has 0 radical (unpaired) electrons. The summed E-state index contributed by atoms with van der Waals surface area (Å²) in [5.41, 5.74) is 6.39. The van der Waals surface area contributed by atoms with Crippen molar-refractivity contribution in [3.63, 3.8) is 0 Å². The number of hydrogen-bond acceptors (Lipinski definition) is 1. The summed E-state index contributed by atoms with van der Waals surface area (Å²) in [4.78, 5) is 2.47. The van der Waals surface area contributed by atoms with Gasteiger partial charge < -0.3 is 9.47 Å². The molecule has 0 bridgehead atoms. The van der Waals surface area contributed by atoms with Gasteiger partial charge in [-0.2, -0.15) is 0 Å². The zero-order valence-corrected chi connectivity index (χ0v) is 18.6. The van der Waals surface area contributed by atoms with Gasteiger partial charge in [0.15, 0.2) is 0 Å². The molecular formula is C28H27ClN2. The van der Waals surface area contributed by atoms with E-state index in [2.05, 4.69) is 95.4 Å². The van der Waals surface area contributed by atoms with E-state index in [-0.39, 0.29) is 6.04 Å². The minimum atomic E-state index is 0.0939. The smallest absolute Gasteiger partial charge is 0.0961 e. The maximum atomic E-state index is 6.77. The highest BCUT2D eigenvalue weighted by Crippen LogP contribution is 2.43. The van der Waals surface area contributed by atoms with Crippen LogP contribution in [-0.4, -0.2) is 16.0 Å². The lowest BCUT2D eigenvalue weighted by molar-refractivity contribution is 0.299. The van der Waals surface area contributed by atoms with Gasteiger partial charge >= 0.3 is 0 Å². The summed E-state index contributed by atoms with van der Waals surface area (Å²) in [7, 11) is 0. The number of hydrogen-bond donors (Lipinski definition) is 0. The van der Waals surface area contributed by atoms with Crippen LogP contribution in [0.5, 0.6) is 0 Å². The fourth-order valence-electron chi connectivity index (χ4n) is 4.74. The van der Waals surface area contributed by atoms with Crippen LogP contribution in [0.1, 0.15) is 48.2 Å². The number of nitrogens with zero attached hydrogens (tertiary/aromatic N) is 2. The monoisotopic (exact) mass is 426 g/mol. The second kappa shape index (κ2) is 8.64. The number of para-hydroxylation sites is 1. The molecule has 0 spiro atoms. The highest BCUT2D eigenvalue weighted by Gasteiger charge is 2.32. The molecular weight excluding hydrogens is 400 g/mol. The molecule has 0 aliphatic carbocycles. The SMILES string of the molecule is CCCCN1C=Cc2c(n(Cc3ccccc3)c3ccccc23)C1c1ccccc1Cl. The van der Waals surface area contributed by atoms with E-state index in [1.54, 1.807) is 0 Å². The quantitative estimate of drug-likeness (QED) is 0.309. The Balaban J connectivity index is 1.75. The molecule has 1 aliphatic rings. The number of fused-ring (bicyclic) bond motifs is 3. The minimum Gasteiger partial charge on any atom is -0.365 e. The summed E-state index contributed by atoms with van der Waals surface area (Å²) >= 11 is 6.77. The highest BCUT2D eigenvalue weighted by atomic mass is 35.5. The summed E-state index contributed by atoms with van der Waals surface area (Å²) in [6, 6.07) is 27.9. The summed E-state index contributed by atoms with van der Waals surface area (Å²) in [5, 5.41) is 2.13. The summed E-state index contributed by atoms with van der Waals surface area (Å²) in [6.07, 6.45) is 6.88. The fraction of sp³-hybridized carbons (Fsp3) is 0.214. The summed E-state index contributed by atoms with van der Waals surface area (Å²) in [5.74, 6) is 0. The minimum absolute atomic E-state index is 0.0939. The highest BCUT2D eigenvalue weighted by molar-refractivity contribution is 6.31. The molecule has 1 aliphatic heterocycles. The summed E-state index contributed by atoms with van der Waals surface area (Å²) < 4.78 is 2.50. The number of unbranched alkanes of at least 4 members (excludes halogenated alkanes) is 1. The molecule has 3 aromatic carbocycles. The van der Waals surface area contributed by atoms with Gasteiger partial charge in [0.2, 0.25) is 0 Å². The average Bonchev–Trinajstić information content (AvgIpc) is 3.12. The molecule has 3 heteroatoms. The molecule has 2 nitrogen and oxygen atoms in total. The van der Waals surface area contributed by atoms with Gasteiger partial charge in [-0.1, -0.05) is 91.7 Å². The molecule has 1 aromatic heterocycles. The van der Waals surface area contributed by atoms with E-state index < -0.39 is 0 Å². The van der Waals surface area contributed by atoms with Gasteiger partial charge in [-0.25, -0.2) is 0 Å². The Morgan fingerprint density at radius 1 is 0.871 bits per heavy atom. The molecule has 0 N–H and O–H groups in total. The fourth-order valence-corrected chi connectivity index (χ4v) is 4.98. The first kappa shape index (κ1) is 20.0. The van der Waals surface area contributed by atoms with Crippen LogP contribution in [0.2, 0.25) is 5.02 Å².